The summed E-state index contributed by atoms with van der Waals surface area (Å²) in [5.41, 5.74) is 5.03. The number of aromatic nitrogens is 1. The minimum atomic E-state index is 0.419. The van der Waals surface area contributed by atoms with Crippen LogP contribution in [0, 0.1) is 26.7 Å². The van der Waals surface area contributed by atoms with Crippen LogP contribution in [-0.2, 0) is 0 Å². The van der Waals surface area contributed by atoms with Gasteiger partial charge < -0.3 is 5.32 Å². The largest absolute Gasteiger partial charge is 0.307 e. The smallest absolute Gasteiger partial charge is 0.0426 e. The lowest BCUT2D eigenvalue weighted by molar-refractivity contribution is 0.545. The zero-order chi connectivity index (χ0) is 11.9. The van der Waals surface area contributed by atoms with Gasteiger partial charge in [0.05, 0.1) is 0 Å². The number of pyridine rings is 1. The molecular formula is C14H22N2. The fourth-order valence-electron chi connectivity index (χ4n) is 2.65. The topological polar surface area (TPSA) is 24.9 Å². The fourth-order valence-corrected chi connectivity index (χ4v) is 2.65. The van der Waals surface area contributed by atoms with Crippen molar-refractivity contribution in [2.24, 2.45) is 5.92 Å². The summed E-state index contributed by atoms with van der Waals surface area (Å²) < 4.78 is 0. The number of hydrogen-bond acceptors (Lipinski definition) is 2. The molecule has 1 fully saturated rings. The average molecular weight is 218 g/mol. The molecule has 88 valence electrons. The maximum atomic E-state index is 4.56. The molecule has 1 N–H and O–H groups in total. The summed E-state index contributed by atoms with van der Waals surface area (Å²) in [5.74, 6) is 0.849. The first-order valence-corrected chi connectivity index (χ1v) is 6.20. The van der Waals surface area contributed by atoms with E-state index in [1.54, 1.807) is 0 Å². The predicted octanol–water partition coefficient (Wildman–Crippen LogP) is 3.07. The van der Waals surface area contributed by atoms with Gasteiger partial charge in [-0.05, 0) is 57.2 Å². The summed E-state index contributed by atoms with van der Waals surface area (Å²) in [6.07, 6.45) is 1.32. The van der Waals surface area contributed by atoms with Gasteiger partial charge in [0.2, 0.25) is 0 Å². The molecule has 0 aliphatic heterocycles. The Bertz CT molecular complexity index is 375. The van der Waals surface area contributed by atoms with Crippen LogP contribution in [0.4, 0.5) is 0 Å². The molecule has 0 spiro atoms. The minimum absolute atomic E-state index is 0.419. The van der Waals surface area contributed by atoms with Crippen molar-refractivity contribution < 1.29 is 0 Å². The van der Waals surface area contributed by atoms with Crippen molar-refractivity contribution in [3.63, 3.8) is 0 Å². The molecule has 3 unspecified atom stereocenters. The van der Waals surface area contributed by atoms with Crippen LogP contribution >= 0.6 is 0 Å². The molecule has 0 amide bonds. The van der Waals surface area contributed by atoms with Gasteiger partial charge >= 0.3 is 0 Å². The predicted molar refractivity (Wildman–Crippen MR) is 67.6 cm³/mol. The van der Waals surface area contributed by atoms with Crippen LogP contribution in [0.5, 0.6) is 0 Å². The van der Waals surface area contributed by atoms with Crippen LogP contribution in [0.3, 0.4) is 0 Å². The zero-order valence-electron chi connectivity index (χ0n) is 11.0. The number of aryl methyl sites for hydroxylation is 3. The van der Waals surface area contributed by atoms with E-state index in [1.807, 2.05) is 0 Å². The zero-order valence-corrected chi connectivity index (χ0v) is 11.0. The van der Waals surface area contributed by atoms with Crippen molar-refractivity contribution in [3.05, 3.63) is 28.6 Å². The number of nitrogens with one attached hydrogen (secondary N) is 1. The van der Waals surface area contributed by atoms with Crippen molar-refractivity contribution >= 4 is 0 Å². The third-order valence-electron chi connectivity index (χ3n) is 3.59. The van der Waals surface area contributed by atoms with Crippen molar-refractivity contribution in [2.75, 3.05) is 0 Å². The Hall–Kier alpha value is -0.890. The van der Waals surface area contributed by atoms with Gasteiger partial charge in [-0.2, -0.15) is 0 Å². The van der Waals surface area contributed by atoms with E-state index in [-0.39, 0.29) is 0 Å². The van der Waals surface area contributed by atoms with Crippen molar-refractivity contribution in [1.82, 2.24) is 10.3 Å². The van der Waals surface area contributed by atoms with Crippen LogP contribution in [0.2, 0.25) is 0 Å². The molecule has 0 radical (unpaired) electrons. The third-order valence-corrected chi connectivity index (χ3v) is 3.59. The lowest BCUT2D eigenvalue weighted by Gasteiger charge is -2.19. The van der Waals surface area contributed by atoms with E-state index in [0.717, 1.165) is 17.7 Å². The Kier molecular flexibility index (Phi) is 3.02. The van der Waals surface area contributed by atoms with E-state index in [4.69, 9.17) is 0 Å². The fraction of sp³-hybridized carbons (Fsp3) is 0.643. The first-order chi connectivity index (χ1) is 7.49. The minimum Gasteiger partial charge on any atom is -0.307 e. The monoisotopic (exact) mass is 218 g/mol. The summed E-state index contributed by atoms with van der Waals surface area (Å²) in [6, 6.07) is 3.31. The first kappa shape index (κ1) is 11.6. The standard InChI is InChI=1S/C14H22N2/c1-8-7-13(8)16-12(5)14-9(2)6-10(3)15-11(14)4/h6,8,12-13,16H,7H2,1-5H3. The van der Waals surface area contributed by atoms with E-state index < -0.39 is 0 Å². The number of rotatable bonds is 3. The summed E-state index contributed by atoms with van der Waals surface area (Å²) in [5, 5.41) is 3.68. The summed E-state index contributed by atoms with van der Waals surface area (Å²) in [7, 11) is 0. The van der Waals surface area contributed by atoms with E-state index in [9.17, 15) is 0 Å². The molecular weight excluding hydrogens is 196 g/mol. The highest BCUT2D eigenvalue weighted by molar-refractivity contribution is 5.33. The molecule has 2 rings (SSSR count). The van der Waals surface area contributed by atoms with Gasteiger partial charge in [0.1, 0.15) is 0 Å². The lowest BCUT2D eigenvalue weighted by atomic mass is 10.0. The van der Waals surface area contributed by atoms with Crippen LogP contribution in [0.25, 0.3) is 0 Å². The van der Waals surface area contributed by atoms with Gasteiger partial charge in [-0.1, -0.05) is 6.92 Å². The normalized spacial score (nSPS) is 25.6. The molecule has 1 aliphatic rings. The Labute approximate surface area is 98.5 Å². The molecule has 1 aromatic heterocycles. The van der Waals surface area contributed by atoms with Gasteiger partial charge in [0.25, 0.3) is 0 Å². The SMILES string of the molecule is Cc1cc(C)c(C(C)NC2CC2C)c(C)n1. The summed E-state index contributed by atoms with van der Waals surface area (Å²) in [6.45, 7) is 10.9. The highest BCUT2D eigenvalue weighted by atomic mass is 15.0. The summed E-state index contributed by atoms with van der Waals surface area (Å²) >= 11 is 0. The van der Waals surface area contributed by atoms with Crippen LogP contribution in [0.15, 0.2) is 6.07 Å². The van der Waals surface area contributed by atoms with Gasteiger partial charge in [-0.15, -0.1) is 0 Å². The van der Waals surface area contributed by atoms with Crippen molar-refractivity contribution in [1.29, 1.82) is 0 Å². The molecule has 0 bridgehead atoms. The second-order valence-electron chi connectivity index (χ2n) is 5.29. The van der Waals surface area contributed by atoms with Crippen molar-refractivity contribution in [2.45, 2.75) is 53.1 Å². The Balaban J connectivity index is 2.18. The Morgan fingerprint density at radius 1 is 1.38 bits per heavy atom. The quantitative estimate of drug-likeness (QED) is 0.843. The number of nitrogens with zero attached hydrogens (tertiary/aromatic N) is 1. The second-order valence-corrected chi connectivity index (χ2v) is 5.29. The highest BCUT2D eigenvalue weighted by Gasteiger charge is 2.33. The molecule has 1 aliphatic carbocycles. The van der Waals surface area contributed by atoms with E-state index in [1.165, 1.54) is 23.2 Å². The highest BCUT2D eigenvalue weighted by Crippen LogP contribution is 2.32. The lowest BCUT2D eigenvalue weighted by Crippen LogP contribution is -2.24. The Morgan fingerprint density at radius 3 is 2.50 bits per heavy atom. The van der Waals surface area contributed by atoms with Crippen molar-refractivity contribution in [3.8, 4) is 0 Å². The average Bonchev–Trinajstić information content (AvgIpc) is 2.79. The first-order valence-electron chi connectivity index (χ1n) is 6.20. The molecule has 16 heavy (non-hydrogen) atoms. The van der Waals surface area contributed by atoms with E-state index in [0.29, 0.717) is 6.04 Å². The van der Waals surface area contributed by atoms with E-state index in [2.05, 4.69) is 51.0 Å². The third kappa shape index (κ3) is 2.27. The molecule has 1 saturated carbocycles. The molecule has 0 saturated heterocycles. The van der Waals surface area contributed by atoms with Crippen LogP contribution in [0.1, 0.15) is 48.8 Å². The van der Waals surface area contributed by atoms with Gasteiger partial charge in [0, 0.05) is 23.5 Å². The maximum absolute atomic E-state index is 4.56. The Morgan fingerprint density at radius 2 is 2.00 bits per heavy atom. The van der Waals surface area contributed by atoms with E-state index >= 15 is 0 Å². The molecule has 1 heterocycles. The molecule has 3 atom stereocenters. The summed E-state index contributed by atoms with van der Waals surface area (Å²) in [4.78, 5) is 4.56. The van der Waals surface area contributed by atoms with Gasteiger partial charge in [-0.25, -0.2) is 0 Å². The number of hydrogen-bond donors (Lipinski definition) is 1. The maximum Gasteiger partial charge on any atom is 0.0426 e. The van der Waals surface area contributed by atoms with Gasteiger partial charge in [0.15, 0.2) is 0 Å². The molecule has 2 heteroatoms. The van der Waals surface area contributed by atoms with Gasteiger partial charge in [-0.3, -0.25) is 4.98 Å². The second kappa shape index (κ2) is 4.17. The van der Waals surface area contributed by atoms with Crippen LogP contribution in [-0.4, -0.2) is 11.0 Å². The molecule has 0 aromatic carbocycles. The van der Waals surface area contributed by atoms with Crippen LogP contribution < -0.4 is 5.32 Å². The molecule has 1 aromatic rings. The molecule has 2 nitrogen and oxygen atoms in total.